The van der Waals surface area contributed by atoms with E-state index in [4.69, 9.17) is 5.11 Å². The molecule has 58 valence electrons. The van der Waals surface area contributed by atoms with Gasteiger partial charge in [0.1, 0.15) is 0 Å². The molecule has 0 aromatic heterocycles. The summed E-state index contributed by atoms with van der Waals surface area (Å²) in [5, 5.41) is 8.58. The van der Waals surface area contributed by atoms with Crippen molar-refractivity contribution < 1.29 is 5.11 Å². The summed E-state index contributed by atoms with van der Waals surface area (Å²) in [6.07, 6.45) is 0. The lowest BCUT2D eigenvalue weighted by molar-refractivity contribution is 0.399. The molecule has 0 atom stereocenters. The van der Waals surface area contributed by atoms with E-state index in [1.807, 2.05) is 11.8 Å². The predicted molar refractivity (Wildman–Crippen MR) is 46.0 cm³/mol. The first-order valence-electron chi connectivity index (χ1n) is 3.23. The molecule has 0 bridgehead atoms. The quantitative estimate of drug-likeness (QED) is 0.651. The summed E-state index contributed by atoms with van der Waals surface area (Å²) in [6.45, 7) is 8.91. The Hall–Kier alpha value is 0.310. The predicted octanol–water partition coefficient (Wildman–Crippen LogP) is 2.14. The highest BCUT2D eigenvalue weighted by atomic mass is 32.2. The average molecular weight is 150 g/mol. The molecular weight excluding hydrogens is 132 g/mol. The molecular formula is C7H18OS. The average Bonchev–Trinajstić information content (AvgIpc) is 1.68. The Labute approximate surface area is 62.9 Å². The number of thioether (sulfide) groups is 1. The lowest BCUT2D eigenvalue weighted by Crippen LogP contribution is -1.94. The van der Waals surface area contributed by atoms with E-state index < -0.39 is 0 Å². The van der Waals surface area contributed by atoms with Gasteiger partial charge in [-0.2, -0.15) is 11.8 Å². The molecule has 0 fully saturated rings. The molecule has 0 saturated heterocycles. The first kappa shape index (κ1) is 12.0. The van der Waals surface area contributed by atoms with Gasteiger partial charge in [0.25, 0.3) is 0 Å². The molecule has 0 aliphatic heterocycles. The van der Waals surface area contributed by atoms with Crippen LogP contribution in [-0.2, 0) is 0 Å². The van der Waals surface area contributed by atoms with E-state index in [0.717, 1.165) is 17.6 Å². The van der Waals surface area contributed by atoms with Crippen LogP contribution in [0.15, 0.2) is 0 Å². The molecule has 1 nitrogen and oxygen atoms in total. The third-order valence-corrected chi connectivity index (χ3v) is 1.63. The minimum Gasteiger partial charge on any atom is -0.400 e. The normalized spacial score (nSPS) is 9.33. The van der Waals surface area contributed by atoms with Gasteiger partial charge in [0, 0.05) is 7.11 Å². The SMILES string of the molecule is CC(C)SC(C)C.CO. The van der Waals surface area contributed by atoms with E-state index in [1.54, 1.807) is 0 Å². The Kier molecular flexibility index (Phi) is 11.1. The third-order valence-electron chi connectivity index (χ3n) is 0.544. The van der Waals surface area contributed by atoms with Gasteiger partial charge in [-0.15, -0.1) is 0 Å². The maximum Gasteiger partial charge on any atom is 0.0319 e. The first-order valence-corrected chi connectivity index (χ1v) is 4.17. The molecule has 0 rings (SSSR count). The number of aliphatic hydroxyl groups excluding tert-OH is 1. The summed E-state index contributed by atoms with van der Waals surface area (Å²) >= 11 is 2.01. The van der Waals surface area contributed by atoms with Crippen LogP contribution in [0.3, 0.4) is 0 Å². The molecule has 0 heterocycles. The van der Waals surface area contributed by atoms with Gasteiger partial charge in [-0.25, -0.2) is 0 Å². The smallest absolute Gasteiger partial charge is 0.0319 e. The Morgan fingerprint density at radius 2 is 1.11 bits per heavy atom. The zero-order valence-corrected chi connectivity index (χ0v) is 7.83. The molecule has 0 radical (unpaired) electrons. The molecule has 0 aliphatic rings. The summed E-state index contributed by atoms with van der Waals surface area (Å²) < 4.78 is 0. The number of rotatable bonds is 2. The number of hydrogen-bond acceptors (Lipinski definition) is 2. The molecule has 1 N–H and O–H groups in total. The van der Waals surface area contributed by atoms with Crippen molar-refractivity contribution in [3.63, 3.8) is 0 Å². The topological polar surface area (TPSA) is 20.2 Å². The molecule has 0 aromatic rings. The van der Waals surface area contributed by atoms with Gasteiger partial charge in [-0.1, -0.05) is 27.7 Å². The summed E-state index contributed by atoms with van der Waals surface area (Å²) in [5.41, 5.74) is 0. The molecule has 0 aliphatic carbocycles. The fourth-order valence-corrected chi connectivity index (χ4v) is 1.63. The third kappa shape index (κ3) is 17.8. The van der Waals surface area contributed by atoms with Crippen molar-refractivity contribution in [1.82, 2.24) is 0 Å². The molecule has 0 spiro atoms. The van der Waals surface area contributed by atoms with Crippen LogP contribution in [0.5, 0.6) is 0 Å². The van der Waals surface area contributed by atoms with Gasteiger partial charge in [-0.05, 0) is 10.5 Å². The number of aliphatic hydroxyl groups is 1. The maximum atomic E-state index is 7.00. The fraction of sp³-hybridized carbons (Fsp3) is 1.00. The summed E-state index contributed by atoms with van der Waals surface area (Å²) in [7, 11) is 1.00. The first-order chi connectivity index (χ1) is 4.13. The lowest BCUT2D eigenvalue weighted by atomic mass is 10.6. The zero-order chi connectivity index (χ0) is 7.86. The second kappa shape index (κ2) is 8.31. The Morgan fingerprint density at radius 1 is 0.889 bits per heavy atom. The second-order valence-corrected chi connectivity index (χ2v) is 4.39. The van der Waals surface area contributed by atoms with Crippen molar-refractivity contribution in [3.8, 4) is 0 Å². The van der Waals surface area contributed by atoms with Crippen LogP contribution in [0.4, 0.5) is 0 Å². The highest BCUT2D eigenvalue weighted by Gasteiger charge is 1.95. The van der Waals surface area contributed by atoms with E-state index in [1.165, 1.54) is 0 Å². The van der Waals surface area contributed by atoms with Crippen LogP contribution in [0, 0.1) is 0 Å². The van der Waals surface area contributed by atoms with Crippen LogP contribution < -0.4 is 0 Å². The second-order valence-electron chi connectivity index (χ2n) is 2.23. The largest absolute Gasteiger partial charge is 0.400 e. The van der Waals surface area contributed by atoms with Crippen LogP contribution in [0.2, 0.25) is 0 Å². The van der Waals surface area contributed by atoms with Gasteiger partial charge < -0.3 is 5.11 Å². The lowest BCUT2D eigenvalue weighted by Gasteiger charge is -2.05. The van der Waals surface area contributed by atoms with Crippen LogP contribution >= 0.6 is 11.8 Å². The Morgan fingerprint density at radius 3 is 1.11 bits per heavy atom. The molecule has 0 unspecified atom stereocenters. The van der Waals surface area contributed by atoms with E-state index >= 15 is 0 Å². The molecule has 0 aromatic carbocycles. The van der Waals surface area contributed by atoms with E-state index in [2.05, 4.69) is 27.7 Å². The van der Waals surface area contributed by atoms with E-state index in [-0.39, 0.29) is 0 Å². The fourth-order valence-electron chi connectivity index (χ4n) is 0.544. The van der Waals surface area contributed by atoms with Gasteiger partial charge in [0.15, 0.2) is 0 Å². The van der Waals surface area contributed by atoms with E-state index in [0.29, 0.717) is 0 Å². The van der Waals surface area contributed by atoms with Crippen molar-refractivity contribution in [3.05, 3.63) is 0 Å². The highest BCUT2D eigenvalue weighted by molar-refractivity contribution is 8.00. The van der Waals surface area contributed by atoms with Crippen molar-refractivity contribution >= 4 is 11.8 Å². The molecule has 0 amide bonds. The standard InChI is InChI=1S/C6H14S.CH4O/c1-5(2)7-6(3)4;1-2/h5-6H,1-4H3;2H,1H3. The summed E-state index contributed by atoms with van der Waals surface area (Å²) in [6, 6.07) is 0. The van der Waals surface area contributed by atoms with Gasteiger partial charge in [-0.3, -0.25) is 0 Å². The summed E-state index contributed by atoms with van der Waals surface area (Å²) in [5.74, 6) is 0. The minimum absolute atomic E-state index is 0.792. The summed E-state index contributed by atoms with van der Waals surface area (Å²) in [4.78, 5) is 0. The van der Waals surface area contributed by atoms with Crippen LogP contribution in [0.25, 0.3) is 0 Å². The van der Waals surface area contributed by atoms with Gasteiger partial charge >= 0.3 is 0 Å². The van der Waals surface area contributed by atoms with E-state index in [9.17, 15) is 0 Å². The van der Waals surface area contributed by atoms with Gasteiger partial charge in [0.2, 0.25) is 0 Å². The van der Waals surface area contributed by atoms with Crippen molar-refractivity contribution in [2.75, 3.05) is 7.11 Å². The molecule has 0 saturated carbocycles. The molecule has 2 heteroatoms. The monoisotopic (exact) mass is 150 g/mol. The van der Waals surface area contributed by atoms with Crippen LogP contribution in [-0.4, -0.2) is 22.7 Å². The molecule has 9 heavy (non-hydrogen) atoms. The Bertz CT molecular complexity index is 38.2. The van der Waals surface area contributed by atoms with Crippen molar-refractivity contribution in [1.29, 1.82) is 0 Å². The Balaban J connectivity index is 0. The van der Waals surface area contributed by atoms with Crippen LogP contribution in [0.1, 0.15) is 27.7 Å². The zero-order valence-electron chi connectivity index (χ0n) is 7.01. The highest BCUT2D eigenvalue weighted by Crippen LogP contribution is 2.14. The van der Waals surface area contributed by atoms with Crippen molar-refractivity contribution in [2.24, 2.45) is 0 Å². The van der Waals surface area contributed by atoms with Crippen molar-refractivity contribution in [2.45, 2.75) is 38.2 Å². The maximum absolute atomic E-state index is 7.00. The number of hydrogen-bond donors (Lipinski definition) is 1. The minimum atomic E-state index is 0.792. The van der Waals surface area contributed by atoms with Gasteiger partial charge in [0.05, 0.1) is 0 Å².